The molecular formula is C46H57N3O11. The number of aliphatic hydroxyl groups excluding tert-OH is 2. The Balaban J connectivity index is 1.46. The van der Waals surface area contributed by atoms with Gasteiger partial charge in [-0.2, -0.15) is 0 Å². The van der Waals surface area contributed by atoms with Crippen LogP contribution in [0.4, 0.5) is 15.3 Å². The van der Waals surface area contributed by atoms with Crippen LogP contribution < -0.4 is 24.3 Å². The van der Waals surface area contributed by atoms with Crippen LogP contribution in [-0.2, 0) is 20.9 Å². The number of carbonyl (C=O) groups excluding carboxylic acids is 2. The Morgan fingerprint density at radius 2 is 1.72 bits per heavy atom. The van der Waals surface area contributed by atoms with Gasteiger partial charge >= 0.3 is 12.2 Å². The van der Waals surface area contributed by atoms with Gasteiger partial charge in [-0.3, -0.25) is 5.32 Å². The molecule has 322 valence electrons. The molecule has 14 heteroatoms. The van der Waals surface area contributed by atoms with Crippen molar-refractivity contribution in [2.45, 2.75) is 69.3 Å². The van der Waals surface area contributed by atoms with E-state index in [1.807, 2.05) is 36.4 Å². The van der Waals surface area contributed by atoms with E-state index in [0.717, 1.165) is 42.4 Å². The molecule has 3 N–H and O–H groups in total. The van der Waals surface area contributed by atoms with Crippen LogP contribution in [0.1, 0.15) is 62.0 Å². The number of hydrogen-bond acceptors (Lipinski definition) is 12. The zero-order valence-corrected chi connectivity index (χ0v) is 34.8. The van der Waals surface area contributed by atoms with E-state index in [1.54, 1.807) is 50.6 Å². The number of likely N-dealkylation sites (N-methyl/N-ethyl adjacent to an activating group) is 1. The summed E-state index contributed by atoms with van der Waals surface area (Å²) in [5.41, 5.74) is 3.56. The minimum Gasteiger partial charge on any atom is -0.497 e. The van der Waals surface area contributed by atoms with Gasteiger partial charge in [0.2, 0.25) is 5.79 Å². The van der Waals surface area contributed by atoms with Crippen LogP contribution in [-0.4, -0.2) is 93.0 Å². The fourth-order valence-electron chi connectivity index (χ4n) is 8.99. The van der Waals surface area contributed by atoms with Crippen LogP contribution in [0.15, 0.2) is 96.2 Å². The third-order valence-corrected chi connectivity index (χ3v) is 11.7. The number of nitrogens with one attached hydrogen (secondary N) is 1. The Morgan fingerprint density at radius 1 is 0.967 bits per heavy atom. The van der Waals surface area contributed by atoms with Gasteiger partial charge < -0.3 is 48.4 Å². The molecule has 0 aromatic heterocycles. The Labute approximate surface area is 351 Å². The van der Waals surface area contributed by atoms with Crippen molar-refractivity contribution in [2.75, 3.05) is 53.5 Å². The maximum Gasteiger partial charge on any atom is 0.417 e. The minimum atomic E-state index is -1.46. The van der Waals surface area contributed by atoms with E-state index in [4.69, 9.17) is 33.3 Å². The smallest absolute Gasteiger partial charge is 0.417 e. The van der Waals surface area contributed by atoms with E-state index in [1.165, 1.54) is 19.1 Å². The quantitative estimate of drug-likeness (QED) is 0.0612. The summed E-state index contributed by atoms with van der Waals surface area (Å²) in [5.74, 6) is -0.557. The van der Waals surface area contributed by atoms with Crippen molar-refractivity contribution in [3.63, 3.8) is 0 Å². The molecule has 0 bridgehead atoms. The number of amides is 2. The molecule has 6 atom stereocenters. The van der Waals surface area contributed by atoms with Crippen molar-refractivity contribution in [1.29, 1.82) is 0 Å². The molecule has 1 fully saturated rings. The maximum absolute atomic E-state index is 14.0. The van der Waals surface area contributed by atoms with E-state index in [0.29, 0.717) is 41.5 Å². The van der Waals surface area contributed by atoms with E-state index in [9.17, 15) is 19.8 Å². The number of allylic oxidation sites excluding steroid dienone is 1. The lowest BCUT2D eigenvalue weighted by Crippen LogP contribution is -2.69. The first-order valence-corrected chi connectivity index (χ1v) is 20.5. The number of fused-ring (bicyclic) bond motifs is 2. The fourth-order valence-corrected chi connectivity index (χ4v) is 8.99. The SMILES string of the molecule is C=CCO[C@@]12Oc3ccc(OC(=O)Nc4ccc(OC)cc4OC)cc3[C@H]3[C@H](CCCCO)[C@@H](CCCCO)C=C(C(=NOC)C[C@@H]1N(C)C(=O)OCc1ccccc1)[C@H]32. The highest BCUT2D eigenvalue weighted by atomic mass is 16.7. The Morgan fingerprint density at radius 3 is 2.42 bits per heavy atom. The first-order chi connectivity index (χ1) is 29.2. The largest absolute Gasteiger partial charge is 0.497 e. The van der Waals surface area contributed by atoms with Gasteiger partial charge in [0.25, 0.3) is 0 Å². The minimum absolute atomic E-state index is 0.0242. The number of aliphatic hydroxyl groups is 2. The molecule has 0 spiro atoms. The highest BCUT2D eigenvalue weighted by molar-refractivity contribution is 6.03. The van der Waals surface area contributed by atoms with Crippen molar-refractivity contribution < 1.29 is 53.1 Å². The second kappa shape index (κ2) is 20.6. The lowest BCUT2D eigenvalue weighted by Gasteiger charge is -2.59. The monoisotopic (exact) mass is 827 g/mol. The van der Waals surface area contributed by atoms with Gasteiger partial charge in [0.05, 0.1) is 38.1 Å². The molecule has 0 saturated heterocycles. The average molecular weight is 828 g/mol. The first kappa shape index (κ1) is 44.0. The van der Waals surface area contributed by atoms with Gasteiger partial charge in [0.15, 0.2) is 0 Å². The molecule has 0 radical (unpaired) electrons. The van der Waals surface area contributed by atoms with Crippen molar-refractivity contribution >= 4 is 23.6 Å². The van der Waals surface area contributed by atoms with Crippen LogP contribution in [0.5, 0.6) is 23.0 Å². The lowest BCUT2D eigenvalue weighted by molar-refractivity contribution is -0.253. The average Bonchev–Trinajstić information content (AvgIpc) is 3.26. The van der Waals surface area contributed by atoms with Crippen LogP contribution in [0.3, 0.4) is 0 Å². The molecule has 2 aliphatic carbocycles. The zero-order valence-electron chi connectivity index (χ0n) is 34.8. The number of methoxy groups -OCH3 is 2. The van der Waals surface area contributed by atoms with Gasteiger partial charge in [0.1, 0.15) is 42.8 Å². The molecule has 1 aliphatic heterocycles. The molecule has 3 aromatic rings. The molecule has 6 rings (SSSR count). The third-order valence-electron chi connectivity index (χ3n) is 11.7. The summed E-state index contributed by atoms with van der Waals surface area (Å²) in [7, 11) is 6.22. The van der Waals surface area contributed by atoms with E-state index >= 15 is 0 Å². The van der Waals surface area contributed by atoms with Crippen molar-refractivity contribution in [1.82, 2.24) is 4.90 Å². The summed E-state index contributed by atoms with van der Waals surface area (Å²) in [6.45, 7) is 4.27. The van der Waals surface area contributed by atoms with Crippen molar-refractivity contribution in [2.24, 2.45) is 22.9 Å². The summed E-state index contributed by atoms with van der Waals surface area (Å²) >= 11 is 0. The number of anilines is 1. The second-order valence-corrected chi connectivity index (χ2v) is 15.2. The molecule has 60 heavy (non-hydrogen) atoms. The number of rotatable bonds is 19. The molecule has 3 aromatic carbocycles. The lowest BCUT2D eigenvalue weighted by atomic mass is 9.55. The Kier molecular flexibility index (Phi) is 15.1. The Bertz CT molecular complexity index is 2010. The molecule has 14 nitrogen and oxygen atoms in total. The maximum atomic E-state index is 14.0. The molecular weight excluding hydrogens is 771 g/mol. The highest BCUT2D eigenvalue weighted by Gasteiger charge is 2.65. The standard InChI is InChI=1S/C46H57N3O11/c1-6-24-58-46-41(49(2)45(53)57-29-30-14-8-7-9-15-30)28-38(48-56-5)35-25-31(16-10-12-22-50)34(17-11-13-23-51)42(43(35)46)36-26-33(19-21-39(36)60-46)59-44(52)47-37-20-18-32(54-3)27-40(37)55-4/h6-9,14-15,18-21,25-27,31,34,41-43,50-51H,1,10-13,16-17,22-24,28-29H2,2-5H3,(H,47,52)/t31-,34+,41-,42+,43+,46+/m0/s1. The molecule has 0 unspecified atom stereocenters. The third kappa shape index (κ3) is 9.56. The number of nitrogens with zero attached hydrogens (tertiary/aromatic N) is 2. The number of hydrogen-bond donors (Lipinski definition) is 3. The van der Waals surface area contributed by atoms with Gasteiger partial charge in [-0.15, -0.1) is 6.58 Å². The summed E-state index contributed by atoms with van der Waals surface area (Å²) in [5, 5.41) is 27.0. The topological polar surface area (TPSA) is 167 Å². The predicted molar refractivity (Wildman–Crippen MR) is 226 cm³/mol. The van der Waals surface area contributed by atoms with Gasteiger partial charge in [0, 0.05) is 44.2 Å². The number of carbonyl (C=O) groups is 2. The van der Waals surface area contributed by atoms with E-state index < -0.39 is 29.9 Å². The van der Waals surface area contributed by atoms with Crippen molar-refractivity contribution in [3.8, 4) is 23.0 Å². The van der Waals surface area contributed by atoms with E-state index in [2.05, 4.69) is 23.1 Å². The van der Waals surface area contributed by atoms with Crippen molar-refractivity contribution in [3.05, 3.63) is 102 Å². The predicted octanol–water partition coefficient (Wildman–Crippen LogP) is 7.85. The number of benzene rings is 3. The summed E-state index contributed by atoms with van der Waals surface area (Å²) in [4.78, 5) is 34.5. The molecule has 1 heterocycles. The van der Waals surface area contributed by atoms with Crippen LogP contribution in [0, 0.1) is 17.8 Å². The Hall–Kier alpha value is -5.57. The molecule has 1 saturated carbocycles. The van der Waals surface area contributed by atoms with Gasteiger partial charge in [-0.25, -0.2) is 9.59 Å². The van der Waals surface area contributed by atoms with Crippen LogP contribution >= 0.6 is 0 Å². The first-order valence-electron chi connectivity index (χ1n) is 20.5. The zero-order chi connectivity index (χ0) is 42.6. The summed E-state index contributed by atoms with van der Waals surface area (Å²) in [6.07, 6.45) is 7.15. The van der Waals surface area contributed by atoms with Crippen LogP contribution in [0.2, 0.25) is 0 Å². The number of oxime groups is 1. The van der Waals surface area contributed by atoms with E-state index in [-0.39, 0.29) is 56.4 Å². The number of ether oxygens (including phenoxy) is 6. The summed E-state index contributed by atoms with van der Waals surface area (Å²) in [6, 6.07) is 19.0. The summed E-state index contributed by atoms with van der Waals surface area (Å²) < 4.78 is 36.6. The van der Waals surface area contributed by atoms with Gasteiger partial charge in [-0.1, -0.05) is 60.5 Å². The molecule has 2 amide bonds. The highest BCUT2D eigenvalue weighted by Crippen LogP contribution is 2.61. The van der Waals surface area contributed by atoms with Gasteiger partial charge in [-0.05, 0) is 79.0 Å². The molecule has 3 aliphatic rings. The fraction of sp³-hybridized carbons (Fsp3) is 0.457. The number of unbranched alkanes of at least 4 members (excludes halogenated alkanes) is 2. The normalized spacial score (nSPS) is 23.2. The second-order valence-electron chi connectivity index (χ2n) is 15.2. The van der Waals surface area contributed by atoms with Crippen LogP contribution in [0.25, 0.3) is 0 Å².